The zero-order valence-corrected chi connectivity index (χ0v) is 16.2. The monoisotopic (exact) mass is 386 g/mol. The first-order valence-corrected chi connectivity index (χ1v) is 9.96. The number of quaternary nitrogens is 1. The van der Waals surface area contributed by atoms with Crippen LogP contribution in [0, 0.1) is 17.0 Å². The Kier molecular flexibility index (Phi) is 3.90. The predicted molar refractivity (Wildman–Crippen MR) is 102 cm³/mol. The molecule has 0 bridgehead atoms. The highest BCUT2D eigenvalue weighted by molar-refractivity contribution is 5.85. The lowest BCUT2D eigenvalue weighted by Crippen LogP contribution is -2.71. The first kappa shape index (κ1) is 18.1. The zero-order valence-electron chi connectivity index (χ0n) is 16.2. The number of aromatic nitrogens is 1. The molecular weight excluding hydrogens is 360 g/mol. The van der Waals surface area contributed by atoms with Gasteiger partial charge in [-0.05, 0) is 18.6 Å². The van der Waals surface area contributed by atoms with Gasteiger partial charge in [0.25, 0.3) is 0 Å². The van der Waals surface area contributed by atoms with Gasteiger partial charge in [-0.2, -0.15) is 0 Å². The smallest absolute Gasteiger partial charge is 0.311 e. The molecule has 150 valence electrons. The number of nitrogens with one attached hydrogen (secondary N) is 1. The SMILES string of the molecule is COC(=O)[C@H]1CO[C@H](C)[C@]2(O)C[N@+]3([O-])CCc4c([nH]c5ccccc45)[C@@H]3C[C@H]12. The fraction of sp³-hybridized carbons (Fsp3) is 0.571. The van der Waals surface area contributed by atoms with Crippen molar-refractivity contribution in [3.05, 3.63) is 40.7 Å². The number of hydrogen-bond donors (Lipinski definition) is 2. The molecule has 2 aromatic rings. The van der Waals surface area contributed by atoms with Crippen LogP contribution in [0.15, 0.2) is 24.3 Å². The molecule has 28 heavy (non-hydrogen) atoms. The number of piperidine rings is 1. The molecule has 0 unspecified atom stereocenters. The van der Waals surface area contributed by atoms with Crippen molar-refractivity contribution in [2.75, 3.05) is 26.8 Å². The maximum atomic E-state index is 13.9. The molecule has 0 saturated carbocycles. The van der Waals surface area contributed by atoms with Crippen molar-refractivity contribution in [1.82, 2.24) is 4.98 Å². The fourth-order valence-electron chi connectivity index (χ4n) is 5.79. The summed E-state index contributed by atoms with van der Waals surface area (Å²) in [5.74, 6) is -1.31. The number of carbonyl (C=O) groups is 1. The maximum absolute atomic E-state index is 13.9. The molecule has 0 spiro atoms. The van der Waals surface area contributed by atoms with Crippen LogP contribution in [0.1, 0.15) is 30.6 Å². The van der Waals surface area contributed by atoms with Crippen molar-refractivity contribution in [2.45, 2.75) is 37.5 Å². The lowest BCUT2D eigenvalue weighted by Gasteiger charge is -2.62. The van der Waals surface area contributed by atoms with Crippen LogP contribution < -0.4 is 0 Å². The van der Waals surface area contributed by atoms with E-state index < -0.39 is 22.3 Å². The van der Waals surface area contributed by atoms with Crippen LogP contribution in [0.2, 0.25) is 0 Å². The minimum Gasteiger partial charge on any atom is -0.632 e. The Morgan fingerprint density at radius 2 is 2.21 bits per heavy atom. The first-order chi connectivity index (χ1) is 13.4. The van der Waals surface area contributed by atoms with E-state index >= 15 is 0 Å². The number of ether oxygens (including phenoxy) is 2. The number of benzene rings is 1. The highest BCUT2D eigenvalue weighted by atomic mass is 16.6. The van der Waals surface area contributed by atoms with E-state index in [-0.39, 0.29) is 31.1 Å². The van der Waals surface area contributed by atoms with Gasteiger partial charge in [0.15, 0.2) is 0 Å². The number of methoxy groups -OCH3 is 1. The van der Waals surface area contributed by atoms with E-state index in [0.29, 0.717) is 19.4 Å². The van der Waals surface area contributed by atoms with Gasteiger partial charge >= 0.3 is 5.97 Å². The number of H-pyrrole nitrogens is 1. The summed E-state index contributed by atoms with van der Waals surface area (Å²) >= 11 is 0. The standard InChI is InChI=1S/C21H26N2O5/c1-12-21(25)11-23(26)8-7-14-13-5-3-4-6-17(13)22-19(14)18(23)9-16(21)15(10-28-12)20(24)27-2/h3-6,12,15-16,18,22,25H,7-11H2,1-2H3/t12-,15+,16-,18+,21-,23-/m1/s1. The van der Waals surface area contributed by atoms with E-state index in [9.17, 15) is 15.1 Å². The number of para-hydroxylation sites is 1. The summed E-state index contributed by atoms with van der Waals surface area (Å²) in [6, 6.07) is 7.79. The second kappa shape index (κ2) is 6.03. The summed E-state index contributed by atoms with van der Waals surface area (Å²) in [7, 11) is 1.35. The van der Waals surface area contributed by atoms with Crippen LogP contribution in [-0.2, 0) is 20.7 Å². The Balaban J connectivity index is 1.61. The molecule has 7 nitrogen and oxygen atoms in total. The number of hydrogen-bond acceptors (Lipinski definition) is 5. The third-order valence-electron chi connectivity index (χ3n) is 7.35. The van der Waals surface area contributed by atoms with Crippen molar-refractivity contribution >= 4 is 16.9 Å². The summed E-state index contributed by atoms with van der Waals surface area (Å²) in [5, 5.41) is 26.6. The van der Waals surface area contributed by atoms with E-state index in [4.69, 9.17) is 9.47 Å². The number of fused-ring (bicyclic) bond motifs is 6. The normalized spacial score (nSPS) is 39.7. The molecule has 3 aliphatic rings. The van der Waals surface area contributed by atoms with Gasteiger partial charge in [-0.25, -0.2) is 0 Å². The Morgan fingerprint density at radius 3 is 3.00 bits per heavy atom. The number of rotatable bonds is 1. The topological polar surface area (TPSA) is 94.6 Å². The molecule has 0 radical (unpaired) electrons. The summed E-state index contributed by atoms with van der Waals surface area (Å²) in [6.45, 7) is 2.47. The van der Waals surface area contributed by atoms with Gasteiger partial charge in [-0.3, -0.25) is 4.79 Å². The Hall–Kier alpha value is -1.93. The molecule has 6 atom stereocenters. The van der Waals surface area contributed by atoms with Gasteiger partial charge in [0.2, 0.25) is 0 Å². The summed E-state index contributed by atoms with van der Waals surface area (Å²) < 4.78 is 10.2. The van der Waals surface area contributed by atoms with E-state index in [1.807, 2.05) is 18.2 Å². The van der Waals surface area contributed by atoms with Crippen LogP contribution in [0.25, 0.3) is 10.9 Å². The lowest BCUT2D eigenvalue weighted by atomic mass is 9.66. The van der Waals surface area contributed by atoms with Crippen molar-refractivity contribution < 1.29 is 24.0 Å². The Morgan fingerprint density at radius 1 is 1.43 bits per heavy atom. The van der Waals surface area contributed by atoms with Gasteiger partial charge in [0.05, 0.1) is 38.0 Å². The minimum absolute atomic E-state index is 0.0335. The van der Waals surface area contributed by atoms with Crippen molar-refractivity contribution in [1.29, 1.82) is 0 Å². The highest BCUT2D eigenvalue weighted by Gasteiger charge is 2.62. The van der Waals surface area contributed by atoms with Crippen molar-refractivity contribution in [3.8, 4) is 0 Å². The fourth-order valence-corrected chi connectivity index (χ4v) is 5.79. The third-order valence-corrected chi connectivity index (χ3v) is 7.35. The number of hydroxylamine groups is 3. The molecule has 2 fully saturated rings. The molecule has 1 aromatic carbocycles. The summed E-state index contributed by atoms with van der Waals surface area (Å²) in [4.78, 5) is 15.9. The molecule has 0 amide bonds. The molecule has 7 heteroatoms. The number of aliphatic hydroxyl groups is 1. The quantitative estimate of drug-likeness (QED) is 0.444. The van der Waals surface area contributed by atoms with Crippen LogP contribution in [0.5, 0.6) is 0 Å². The molecule has 2 N–H and O–H groups in total. The van der Waals surface area contributed by atoms with Gasteiger partial charge in [-0.1, -0.05) is 18.2 Å². The predicted octanol–water partition coefficient (Wildman–Crippen LogP) is 2.04. The summed E-state index contributed by atoms with van der Waals surface area (Å²) in [5.41, 5.74) is 1.86. The van der Waals surface area contributed by atoms with Gasteiger partial charge in [0, 0.05) is 29.7 Å². The second-order valence-electron chi connectivity index (χ2n) is 8.60. The maximum Gasteiger partial charge on any atom is 0.311 e. The third kappa shape index (κ3) is 2.33. The number of aromatic amines is 1. The van der Waals surface area contributed by atoms with E-state index in [2.05, 4.69) is 11.1 Å². The average Bonchev–Trinajstić information content (AvgIpc) is 3.05. The van der Waals surface area contributed by atoms with Crippen molar-refractivity contribution in [2.24, 2.45) is 11.8 Å². The summed E-state index contributed by atoms with van der Waals surface area (Å²) in [6.07, 6.45) is 0.621. The van der Waals surface area contributed by atoms with E-state index in [0.717, 1.165) is 16.6 Å². The van der Waals surface area contributed by atoms with E-state index in [1.165, 1.54) is 12.7 Å². The number of carbonyl (C=O) groups excluding carboxylic acids is 1. The zero-order chi connectivity index (χ0) is 19.7. The highest BCUT2D eigenvalue weighted by Crippen LogP contribution is 2.53. The van der Waals surface area contributed by atoms with Gasteiger partial charge in [0.1, 0.15) is 18.2 Å². The minimum atomic E-state index is -1.33. The average molecular weight is 386 g/mol. The largest absolute Gasteiger partial charge is 0.632 e. The van der Waals surface area contributed by atoms with Crippen molar-refractivity contribution in [3.63, 3.8) is 0 Å². The number of nitrogens with zero attached hydrogens (tertiary/aromatic N) is 1. The Bertz CT molecular complexity index is 942. The van der Waals surface area contributed by atoms with Gasteiger partial charge < -0.3 is 29.4 Å². The molecule has 5 rings (SSSR count). The van der Waals surface area contributed by atoms with Crippen LogP contribution in [0.3, 0.4) is 0 Å². The first-order valence-electron chi connectivity index (χ1n) is 9.96. The lowest BCUT2D eigenvalue weighted by molar-refractivity contribution is -0.929. The second-order valence-corrected chi connectivity index (χ2v) is 8.60. The molecule has 3 aliphatic heterocycles. The van der Waals surface area contributed by atoms with E-state index in [1.54, 1.807) is 6.92 Å². The van der Waals surface area contributed by atoms with Crippen LogP contribution >= 0.6 is 0 Å². The molecule has 4 heterocycles. The Labute approximate surface area is 163 Å². The van der Waals surface area contributed by atoms with Crippen LogP contribution in [-0.4, -0.2) is 59.2 Å². The van der Waals surface area contributed by atoms with Crippen LogP contribution in [0.4, 0.5) is 0 Å². The molecule has 2 saturated heterocycles. The molecule has 1 aromatic heterocycles. The molecular formula is C21H26N2O5. The van der Waals surface area contributed by atoms with Gasteiger partial charge in [-0.15, -0.1) is 0 Å². The molecule has 0 aliphatic carbocycles. The number of esters is 1.